The molecular weight excluding hydrogens is 272 g/mol. The van der Waals surface area contributed by atoms with Crippen LogP contribution in [0.3, 0.4) is 0 Å². The fraction of sp³-hybridized carbons (Fsp3) is 0.467. The molecule has 0 atom stereocenters. The summed E-state index contributed by atoms with van der Waals surface area (Å²) in [5, 5.41) is 0.944. The molecule has 3 rings (SSSR count). The highest BCUT2D eigenvalue weighted by Crippen LogP contribution is 2.29. The van der Waals surface area contributed by atoms with E-state index in [1.54, 1.807) is 22.6 Å². The van der Waals surface area contributed by atoms with Crippen LogP contribution >= 0.6 is 11.8 Å². The van der Waals surface area contributed by atoms with E-state index in [2.05, 4.69) is 11.9 Å². The fourth-order valence-corrected chi connectivity index (χ4v) is 3.56. The lowest BCUT2D eigenvalue weighted by Crippen LogP contribution is -2.27. The Morgan fingerprint density at radius 1 is 1.45 bits per heavy atom. The number of thioether (sulfide) groups is 1. The van der Waals surface area contributed by atoms with E-state index in [-0.39, 0.29) is 5.69 Å². The van der Waals surface area contributed by atoms with Crippen molar-refractivity contribution in [1.82, 2.24) is 9.55 Å². The van der Waals surface area contributed by atoms with Crippen LogP contribution in [0.5, 0.6) is 0 Å². The first-order valence-electron chi connectivity index (χ1n) is 7.07. The van der Waals surface area contributed by atoms with Crippen LogP contribution in [-0.2, 0) is 19.4 Å². The van der Waals surface area contributed by atoms with Gasteiger partial charge in [0.1, 0.15) is 10.8 Å². The molecule has 0 aliphatic heterocycles. The average molecular weight is 290 g/mol. The van der Waals surface area contributed by atoms with Crippen LogP contribution in [0.2, 0.25) is 0 Å². The first-order chi connectivity index (χ1) is 9.79. The van der Waals surface area contributed by atoms with E-state index in [1.807, 2.05) is 12.1 Å². The van der Waals surface area contributed by atoms with Crippen molar-refractivity contribution in [3.8, 4) is 0 Å². The molecule has 0 radical (unpaired) electrons. The summed E-state index contributed by atoms with van der Waals surface area (Å²) in [6.07, 6.45) is 5.84. The largest absolute Gasteiger partial charge is 0.467 e. The molecule has 20 heavy (non-hydrogen) atoms. The number of fused-ring (bicyclic) bond motifs is 1. The molecule has 0 aromatic carbocycles. The van der Waals surface area contributed by atoms with E-state index in [9.17, 15) is 4.79 Å². The summed E-state index contributed by atoms with van der Waals surface area (Å²) in [7, 11) is 0. The lowest BCUT2D eigenvalue weighted by molar-refractivity contribution is 0.481. The molecule has 4 nitrogen and oxygen atoms in total. The summed E-state index contributed by atoms with van der Waals surface area (Å²) in [5.74, 6) is 1.82. The van der Waals surface area contributed by atoms with Crippen molar-refractivity contribution in [3.05, 3.63) is 45.9 Å². The summed E-state index contributed by atoms with van der Waals surface area (Å²) < 4.78 is 7.13. The highest BCUT2D eigenvalue weighted by atomic mass is 32.2. The number of nitrogens with zero attached hydrogens (tertiary/aromatic N) is 2. The number of hydrogen-bond acceptors (Lipinski definition) is 4. The van der Waals surface area contributed by atoms with Crippen molar-refractivity contribution in [3.63, 3.8) is 0 Å². The zero-order valence-electron chi connectivity index (χ0n) is 11.6. The third-order valence-electron chi connectivity index (χ3n) is 3.54. The predicted octanol–water partition coefficient (Wildman–Crippen LogP) is 2.88. The van der Waals surface area contributed by atoms with E-state index >= 15 is 0 Å². The van der Waals surface area contributed by atoms with Gasteiger partial charge in [0.25, 0.3) is 0 Å². The molecule has 2 heterocycles. The minimum Gasteiger partial charge on any atom is -0.467 e. The van der Waals surface area contributed by atoms with Crippen LogP contribution in [0, 0.1) is 0 Å². The topological polar surface area (TPSA) is 48.0 Å². The van der Waals surface area contributed by atoms with Crippen LogP contribution in [-0.4, -0.2) is 15.3 Å². The third-order valence-corrected chi connectivity index (χ3v) is 4.76. The summed E-state index contributed by atoms with van der Waals surface area (Å²) >= 11 is 1.71. The number of aromatic nitrogens is 2. The van der Waals surface area contributed by atoms with Crippen molar-refractivity contribution < 1.29 is 4.42 Å². The summed E-state index contributed by atoms with van der Waals surface area (Å²) in [4.78, 5) is 16.6. The van der Waals surface area contributed by atoms with Gasteiger partial charge in [-0.2, -0.15) is 4.98 Å². The second kappa shape index (κ2) is 5.87. The van der Waals surface area contributed by atoms with E-state index in [1.165, 1.54) is 5.56 Å². The highest BCUT2D eigenvalue weighted by Gasteiger charge is 2.22. The standard InChI is InChI=1S/C15H18N2O2S/c1-2-9-20-14-12-6-3-7-13(12)17(15(18)16-14)10-11-5-4-8-19-11/h4-5,8H,2-3,6-7,9-10H2,1H3. The Labute approximate surface area is 122 Å². The van der Waals surface area contributed by atoms with Gasteiger partial charge in [0.2, 0.25) is 0 Å². The number of furan rings is 1. The molecule has 106 valence electrons. The third kappa shape index (κ3) is 2.54. The fourth-order valence-electron chi connectivity index (χ4n) is 2.63. The molecule has 0 saturated heterocycles. The SMILES string of the molecule is CCCSc1nc(=O)n(Cc2ccco2)c2c1CCC2. The monoisotopic (exact) mass is 290 g/mol. The molecule has 2 aromatic rings. The van der Waals surface area contributed by atoms with E-state index in [4.69, 9.17) is 4.42 Å². The summed E-state index contributed by atoms with van der Waals surface area (Å²) in [6.45, 7) is 2.63. The van der Waals surface area contributed by atoms with Crippen LogP contribution in [0.25, 0.3) is 0 Å². The molecule has 0 amide bonds. The van der Waals surface area contributed by atoms with E-state index in [0.29, 0.717) is 6.54 Å². The Bertz CT molecular complexity index is 647. The molecule has 0 spiro atoms. The first kappa shape index (κ1) is 13.5. The molecule has 1 aliphatic carbocycles. The van der Waals surface area contributed by atoms with Gasteiger partial charge in [0, 0.05) is 11.3 Å². The smallest absolute Gasteiger partial charge is 0.349 e. The van der Waals surface area contributed by atoms with E-state index in [0.717, 1.165) is 47.9 Å². The van der Waals surface area contributed by atoms with Gasteiger partial charge in [-0.05, 0) is 43.6 Å². The lowest BCUT2D eigenvalue weighted by Gasteiger charge is -2.13. The second-order valence-electron chi connectivity index (χ2n) is 4.99. The van der Waals surface area contributed by atoms with Gasteiger partial charge in [0.05, 0.1) is 12.8 Å². The second-order valence-corrected chi connectivity index (χ2v) is 6.08. The lowest BCUT2D eigenvalue weighted by atomic mass is 10.2. The molecule has 5 heteroatoms. The van der Waals surface area contributed by atoms with E-state index < -0.39 is 0 Å². The zero-order chi connectivity index (χ0) is 13.9. The first-order valence-corrected chi connectivity index (χ1v) is 8.06. The van der Waals surface area contributed by atoms with Crippen LogP contribution < -0.4 is 5.69 Å². The Hall–Kier alpha value is -1.49. The van der Waals surface area contributed by atoms with Gasteiger partial charge in [-0.1, -0.05) is 6.92 Å². The normalized spacial score (nSPS) is 13.7. The van der Waals surface area contributed by atoms with Gasteiger partial charge in [-0.25, -0.2) is 4.79 Å². The molecular formula is C15H18N2O2S. The van der Waals surface area contributed by atoms with Gasteiger partial charge in [0.15, 0.2) is 0 Å². The molecule has 2 aromatic heterocycles. The van der Waals surface area contributed by atoms with Crippen molar-refractivity contribution in [2.45, 2.75) is 44.2 Å². The molecule has 0 bridgehead atoms. The molecule has 0 N–H and O–H groups in total. The van der Waals surface area contributed by atoms with Crippen LogP contribution in [0.15, 0.2) is 32.6 Å². The Morgan fingerprint density at radius 3 is 3.10 bits per heavy atom. The predicted molar refractivity (Wildman–Crippen MR) is 79.3 cm³/mol. The van der Waals surface area contributed by atoms with Gasteiger partial charge in [-0.15, -0.1) is 11.8 Å². The minimum atomic E-state index is -0.152. The molecule has 0 fully saturated rings. The van der Waals surface area contributed by atoms with Crippen molar-refractivity contribution in [2.75, 3.05) is 5.75 Å². The molecule has 1 aliphatic rings. The molecule has 0 unspecified atom stereocenters. The Kier molecular flexibility index (Phi) is 3.96. The maximum absolute atomic E-state index is 12.3. The zero-order valence-corrected chi connectivity index (χ0v) is 12.4. The average Bonchev–Trinajstić information content (AvgIpc) is 3.10. The van der Waals surface area contributed by atoms with Crippen molar-refractivity contribution >= 4 is 11.8 Å². The van der Waals surface area contributed by atoms with Crippen molar-refractivity contribution in [1.29, 1.82) is 0 Å². The molecule has 0 saturated carbocycles. The Morgan fingerprint density at radius 2 is 2.35 bits per heavy atom. The van der Waals surface area contributed by atoms with Gasteiger partial charge >= 0.3 is 5.69 Å². The quantitative estimate of drug-likeness (QED) is 0.627. The Balaban J connectivity index is 1.99. The number of hydrogen-bond donors (Lipinski definition) is 0. The minimum absolute atomic E-state index is 0.152. The van der Waals surface area contributed by atoms with Crippen LogP contribution in [0.4, 0.5) is 0 Å². The maximum atomic E-state index is 12.3. The highest BCUT2D eigenvalue weighted by molar-refractivity contribution is 7.99. The number of rotatable bonds is 5. The van der Waals surface area contributed by atoms with Crippen molar-refractivity contribution in [2.24, 2.45) is 0 Å². The van der Waals surface area contributed by atoms with Crippen LogP contribution in [0.1, 0.15) is 36.8 Å². The van der Waals surface area contributed by atoms with Gasteiger partial charge in [-0.3, -0.25) is 4.57 Å². The summed E-state index contributed by atoms with van der Waals surface area (Å²) in [6, 6.07) is 3.74. The maximum Gasteiger partial charge on any atom is 0.349 e. The van der Waals surface area contributed by atoms with Gasteiger partial charge < -0.3 is 4.42 Å². The summed E-state index contributed by atoms with van der Waals surface area (Å²) in [5.41, 5.74) is 2.27.